The van der Waals surface area contributed by atoms with Crippen molar-refractivity contribution in [2.45, 2.75) is 62.3 Å². The van der Waals surface area contributed by atoms with Gasteiger partial charge in [0.25, 0.3) is 11.8 Å². The number of β-lactam (4-membered cyclic amide) rings is 1. The summed E-state index contributed by atoms with van der Waals surface area (Å²) in [7, 11) is 0. The lowest BCUT2D eigenvalue weighted by Crippen LogP contribution is -2.71. The maximum Gasteiger partial charge on any atom is 0.357 e. The summed E-state index contributed by atoms with van der Waals surface area (Å²) in [4.78, 5) is 60.2. The molecule has 2 aliphatic heterocycles. The van der Waals surface area contributed by atoms with Gasteiger partial charge in [0.15, 0.2) is 5.13 Å². The lowest BCUT2D eigenvalue weighted by atomic mass is 10.0. The highest BCUT2D eigenvalue weighted by molar-refractivity contribution is 8.00. The minimum Gasteiger partial charge on any atom is -0.428 e. The first kappa shape index (κ1) is 24.9. The van der Waals surface area contributed by atoms with Crippen LogP contribution >= 0.6 is 23.3 Å². The van der Waals surface area contributed by atoms with E-state index in [-0.39, 0.29) is 33.7 Å². The minimum absolute atomic E-state index is 0.00549. The van der Waals surface area contributed by atoms with Crippen LogP contribution in [0.3, 0.4) is 0 Å². The first-order valence-electron chi connectivity index (χ1n) is 10.9. The Bertz CT molecular complexity index is 1080. The van der Waals surface area contributed by atoms with Gasteiger partial charge < -0.3 is 25.4 Å². The molecular weight excluding hydrogens is 500 g/mol. The molecule has 2 fully saturated rings. The normalized spacial score (nSPS) is 24.2. The van der Waals surface area contributed by atoms with Gasteiger partial charge in [0, 0.05) is 23.7 Å². The smallest absolute Gasteiger partial charge is 0.357 e. The molecular formula is C20H24N6O7S2. The van der Waals surface area contributed by atoms with Gasteiger partial charge in [-0.3, -0.25) is 19.3 Å². The van der Waals surface area contributed by atoms with Crippen LogP contribution in [-0.2, 0) is 33.5 Å². The highest BCUT2D eigenvalue weighted by atomic mass is 32.2. The number of nitrogen functional groups attached to an aromatic ring is 1. The first-order valence-corrected chi connectivity index (χ1v) is 12.6. The largest absolute Gasteiger partial charge is 0.428 e. The second kappa shape index (κ2) is 10.6. The lowest BCUT2D eigenvalue weighted by Gasteiger charge is -2.49. The number of aromatic nitrogens is 2. The van der Waals surface area contributed by atoms with Gasteiger partial charge in [-0.1, -0.05) is 5.16 Å². The second-order valence-corrected chi connectivity index (χ2v) is 10.3. The standard InChI is InChI=1S/C20H24N6O7S2/c1-9-7-12(19(30)32-8-31-10(2)27)26-17(29)14(18(26)34-9)22-16(28)13(15-23-20(21)35-25-15)24-33-11-5-3-4-6-11/h7,9,11,14,18H,3-6,8H2,1-2H3,(H,22,28)(H2,21,23,25)/t9?,14?,18-/m1/s1. The molecule has 1 aliphatic carbocycles. The van der Waals surface area contributed by atoms with Crippen LogP contribution < -0.4 is 11.1 Å². The number of nitrogens with zero attached hydrogens (tertiary/aromatic N) is 4. The van der Waals surface area contributed by atoms with E-state index in [1.54, 1.807) is 6.08 Å². The van der Waals surface area contributed by atoms with E-state index in [9.17, 15) is 19.2 Å². The number of hydrogen-bond acceptors (Lipinski definition) is 13. The molecule has 0 radical (unpaired) electrons. The Morgan fingerprint density at radius 3 is 2.69 bits per heavy atom. The van der Waals surface area contributed by atoms with Crippen molar-refractivity contribution in [3.63, 3.8) is 0 Å². The van der Waals surface area contributed by atoms with Crippen molar-refractivity contribution in [3.8, 4) is 0 Å². The van der Waals surface area contributed by atoms with Gasteiger partial charge in [-0.2, -0.15) is 9.36 Å². The number of carbonyl (C=O) groups excluding carboxylic acids is 4. The van der Waals surface area contributed by atoms with Crippen LogP contribution in [0.25, 0.3) is 0 Å². The van der Waals surface area contributed by atoms with Crippen molar-refractivity contribution >= 4 is 57.9 Å². The van der Waals surface area contributed by atoms with E-state index in [1.807, 2.05) is 6.92 Å². The van der Waals surface area contributed by atoms with Crippen molar-refractivity contribution in [2.24, 2.45) is 5.16 Å². The first-order chi connectivity index (χ1) is 16.7. The summed E-state index contributed by atoms with van der Waals surface area (Å²) < 4.78 is 13.6. The number of thioether (sulfide) groups is 1. The third-order valence-corrected chi connectivity index (χ3v) is 7.33. The zero-order valence-electron chi connectivity index (χ0n) is 19.0. The number of oxime groups is 1. The molecule has 0 bridgehead atoms. The monoisotopic (exact) mass is 524 g/mol. The summed E-state index contributed by atoms with van der Waals surface area (Å²) in [6.45, 7) is 2.46. The minimum atomic E-state index is -0.924. The van der Waals surface area contributed by atoms with E-state index in [0.717, 1.165) is 37.2 Å². The molecule has 1 saturated carbocycles. The molecule has 3 atom stereocenters. The average Bonchev–Trinajstić information content (AvgIpc) is 3.48. The van der Waals surface area contributed by atoms with E-state index < -0.39 is 42.0 Å². The Balaban J connectivity index is 1.45. The molecule has 1 aromatic heterocycles. The number of hydrogen-bond donors (Lipinski definition) is 2. The fourth-order valence-electron chi connectivity index (χ4n) is 3.81. The molecule has 15 heteroatoms. The second-order valence-electron chi connectivity index (χ2n) is 8.04. The molecule has 3 heterocycles. The predicted molar refractivity (Wildman–Crippen MR) is 125 cm³/mol. The predicted octanol–water partition coefficient (Wildman–Crippen LogP) is 0.520. The number of carbonyl (C=O) groups is 4. The molecule has 13 nitrogen and oxygen atoms in total. The van der Waals surface area contributed by atoms with Crippen LogP contribution in [0.4, 0.5) is 5.13 Å². The van der Waals surface area contributed by atoms with Crippen LogP contribution in [0.5, 0.6) is 0 Å². The number of amides is 2. The van der Waals surface area contributed by atoms with Crippen LogP contribution in [0.1, 0.15) is 45.4 Å². The number of anilines is 1. The average molecular weight is 525 g/mol. The Labute approximate surface area is 208 Å². The van der Waals surface area contributed by atoms with Crippen molar-refractivity contribution in [1.29, 1.82) is 0 Å². The van der Waals surface area contributed by atoms with Gasteiger partial charge in [-0.05, 0) is 38.7 Å². The number of rotatable bonds is 8. The van der Waals surface area contributed by atoms with Crippen molar-refractivity contribution in [2.75, 3.05) is 12.5 Å². The topological polar surface area (TPSA) is 175 Å². The van der Waals surface area contributed by atoms with Gasteiger partial charge in [0.2, 0.25) is 18.3 Å². The van der Waals surface area contributed by atoms with E-state index >= 15 is 0 Å². The summed E-state index contributed by atoms with van der Waals surface area (Å²) >= 11 is 2.29. The molecule has 188 valence electrons. The molecule has 0 aromatic carbocycles. The van der Waals surface area contributed by atoms with E-state index in [2.05, 4.69) is 24.6 Å². The molecule has 1 aromatic rings. The number of nitrogens with two attached hydrogens (primary N) is 1. The summed E-state index contributed by atoms with van der Waals surface area (Å²) in [6, 6.07) is -0.924. The zero-order valence-corrected chi connectivity index (χ0v) is 20.6. The SMILES string of the molecule is CC(=O)OCOC(=O)C1=CC(C)S[C@@H]2C(NC(=O)C(=NOC3CCCC3)c3nsc(N)n3)C(=O)N12. The van der Waals surface area contributed by atoms with E-state index in [4.69, 9.17) is 15.3 Å². The number of ether oxygens (including phenoxy) is 2. The molecule has 2 unspecified atom stereocenters. The molecule has 4 rings (SSSR count). The molecule has 0 spiro atoms. The highest BCUT2D eigenvalue weighted by Crippen LogP contribution is 2.41. The fourth-order valence-corrected chi connectivity index (χ4v) is 5.57. The van der Waals surface area contributed by atoms with Crippen molar-refractivity contribution in [1.82, 2.24) is 19.6 Å². The molecule has 2 amide bonds. The van der Waals surface area contributed by atoms with Gasteiger partial charge in [-0.15, -0.1) is 11.8 Å². The third kappa shape index (κ3) is 5.56. The summed E-state index contributed by atoms with van der Waals surface area (Å²) in [5.74, 6) is -2.60. The molecule has 35 heavy (non-hydrogen) atoms. The Morgan fingerprint density at radius 2 is 2.03 bits per heavy atom. The maximum atomic E-state index is 13.1. The van der Waals surface area contributed by atoms with Crippen LogP contribution in [0, 0.1) is 0 Å². The molecule has 3 N–H and O–H groups in total. The van der Waals surface area contributed by atoms with Gasteiger partial charge in [-0.25, -0.2) is 4.79 Å². The van der Waals surface area contributed by atoms with Gasteiger partial charge in [0.05, 0.1) is 0 Å². The summed E-state index contributed by atoms with van der Waals surface area (Å²) in [5, 5.41) is 6.12. The van der Waals surface area contributed by atoms with Crippen molar-refractivity contribution in [3.05, 3.63) is 17.6 Å². The zero-order chi connectivity index (χ0) is 25.1. The van der Waals surface area contributed by atoms with E-state index in [1.165, 1.54) is 23.6 Å². The lowest BCUT2D eigenvalue weighted by molar-refractivity contribution is -0.166. The summed E-state index contributed by atoms with van der Waals surface area (Å²) in [5.41, 5.74) is 5.51. The third-order valence-electron chi connectivity index (χ3n) is 5.46. The summed E-state index contributed by atoms with van der Waals surface area (Å²) in [6.07, 6.45) is 5.19. The number of esters is 2. The van der Waals surface area contributed by atoms with Crippen LogP contribution in [0.2, 0.25) is 0 Å². The number of nitrogens with one attached hydrogen (secondary N) is 1. The van der Waals surface area contributed by atoms with Gasteiger partial charge in [0.1, 0.15) is 23.2 Å². The van der Waals surface area contributed by atoms with Gasteiger partial charge >= 0.3 is 11.9 Å². The quantitative estimate of drug-likeness (QED) is 0.159. The number of fused-ring (bicyclic) bond motifs is 1. The molecule has 3 aliphatic rings. The highest BCUT2D eigenvalue weighted by Gasteiger charge is 2.54. The van der Waals surface area contributed by atoms with Crippen molar-refractivity contribution < 1.29 is 33.5 Å². The Kier molecular flexibility index (Phi) is 7.54. The molecule has 1 saturated heterocycles. The van der Waals surface area contributed by atoms with Crippen LogP contribution in [-0.4, -0.2) is 73.3 Å². The Morgan fingerprint density at radius 1 is 1.29 bits per heavy atom. The van der Waals surface area contributed by atoms with Crippen LogP contribution in [0.15, 0.2) is 16.9 Å². The maximum absolute atomic E-state index is 13.1. The van der Waals surface area contributed by atoms with E-state index in [0.29, 0.717) is 0 Å². The Hall–Kier alpha value is -3.20. The fraction of sp³-hybridized carbons (Fsp3) is 0.550.